The van der Waals surface area contributed by atoms with E-state index in [1.807, 2.05) is 0 Å². The van der Waals surface area contributed by atoms with Gasteiger partial charge in [-0.05, 0) is 63.3 Å². The summed E-state index contributed by atoms with van der Waals surface area (Å²) in [5.74, 6) is 0.346. The first kappa shape index (κ1) is 18.0. The molecule has 0 fully saturated rings. The van der Waals surface area contributed by atoms with Crippen LogP contribution in [0, 0.1) is 0 Å². The molecule has 0 aliphatic carbocycles. The Morgan fingerprint density at radius 1 is 0.905 bits per heavy atom. The Kier molecular flexibility index (Phi) is 8.40. The Hall–Kier alpha value is -1.06. The summed E-state index contributed by atoms with van der Waals surface area (Å²) in [5, 5.41) is 9.44. The van der Waals surface area contributed by atoms with Crippen LogP contribution in [-0.4, -0.2) is 47.6 Å². The Labute approximate surface area is 130 Å². The standard InChI is InChI=1S/C18H32N2O/c1-5-18(16-10-12-17(21)13-11-16)20(8-4)15-9-14-19(6-2)7-3/h10-13,18,21H,5-9,14-15H2,1-4H3. The second kappa shape index (κ2) is 9.80. The van der Waals surface area contributed by atoms with Crippen molar-refractivity contribution in [3.63, 3.8) is 0 Å². The van der Waals surface area contributed by atoms with Gasteiger partial charge in [-0.3, -0.25) is 4.90 Å². The van der Waals surface area contributed by atoms with E-state index in [0.29, 0.717) is 11.8 Å². The average molecular weight is 292 g/mol. The molecule has 1 unspecified atom stereocenters. The van der Waals surface area contributed by atoms with Crippen molar-refractivity contribution in [1.82, 2.24) is 9.80 Å². The zero-order valence-corrected chi connectivity index (χ0v) is 14.2. The second-order valence-corrected chi connectivity index (χ2v) is 5.52. The molecule has 0 aliphatic rings. The lowest BCUT2D eigenvalue weighted by atomic mass is 10.0. The first-order valence-corrected chi connectivity index (χ1v) is 8.41. The Bertz CT molecular complexity index is 373. The first-order valence-electron chi connectivity index (χ1n) is 8.41. The van der Waals surface area contributed by atoms with Gasteiger partial charge in [0, 0.05) is 6.04 Å². The normalized spacial score (nSPS) is 13.0. The summed E-state index contributed by atoms with van der Waals surface area (Å²) >= 11 is 0. The molecule has 0 amide bonds. The van der Waals surface area contributed by atoms with Crippen LogP contribution in [0.4, 0.5) is 0 Å². The van der Waals surface area contributed by atoms with Crippen LogP contribution < -0.4 is 0 Å². The Balaban J connectivity index is 2.61. The molecule has 1 atom stereocenters. The van der Waals surface area contributed by atoms with E-state index in [2.05, 4.69) is 49.6 Å². The fourth-order valence-corrected chi connectivity index (χ4v) is 2.97. The third kappa shape index (κ3) is 5.68. The van der Waals surface area contributed by atoms with Gasteiger partial charge in [0.2, 0.25) is 0 Å². The molecule has 120 valence electrons. The van der Waals surface area contributed by atoms with Gasteiger partial charge in [-0.15, -0.1) is 0 Å². The maximum atomic E-state index is 9.44. The summed E-state index contributed by atoms with van der Waals surface area (Å²) in [5.41, 5.74) is 1.31. The number of phenolic OH excluding ortho intramolecular Hbond substituents is 1. The highest BCUT2D eigenvalue weighted by molar-refractivity contribution is 5.28. The van der Waals surface area contributed by atoms with E-state index in [-0.39, 0.29) is 0 Å². The van der Waals surface area contributed by atoms with E-state index in [1.165, 1.54) is 18.5 Å². The number of nitrogens with zero attached hydrogens (tertiary/aromatic N) is 2. The highest BCUT2D eigenvalue weighted by Crippen LogP contribution is 2.25. The zero-order valence-electron chi connectivity index (χ0n) is 14.2. The van der Waals surface area contributed by atoms with Gasteiger partial charge >= 0.3 is 0 Å². The van der Waals surface area contributed by atoms with E-state index in [4.69, 9.17) is 0 Å². The van der Waals surface area contributed by atoms with Crippen LogP contribution in [-0.2, 0) is 0 Å². The van der Waals surface area contributed by atoms with Gasteiger partial charge in [-0.1, -0.05) is 39.8 Å². The summed E-state index contributed by atoms with van der Waals surface area (Å²) in [4.78, 5) is 5.03. The van der Waals surface area contributed by atoms with Crippen molar-refractivity contribution in [2.45, 2.75) is 46.6 Å². The van der Waals surface area contributed by atoms with Crippen molar-refractivity contribution in [2.75, 3.05) is 32.7 Å². The van der Waals surface area contributed by atoms with Crippen LogP contribution in [0.1, 0.15) is 52.1 Å². The van der Waals surface area contributed by atoms with E-state index >= 15 is 0 Å². The minimum Gasteiger partial charge on any atom is -0.508 e. The molecule has 0 heterocycles. The van der Waals surface area contributed by atoms with Crippen LogP contribution in [0.3, 0.4) is 0 Å². The lowest BCUT2D eigenvalue weighted by Gasteiger charge is -2.31. The van der Waals surface area contributed by atoms with Crippen molar-refractivity contribution in [3.8, 4) is 5.75 Å². The predicted molar refractivity (Wildman–Crippen MR) is 90.8 cm³/mol. The molecule has 3 nitrogen and oxygen atoms in total. The van der Waals surface area contributed by atoms with Crippen LogP contribution in [0.2, 0.25) is 0 Å². The highest BCUT2D eigenvalue weighted by atomic mass is 16.3. The number of rotatable bonds is 10. The molecule has 0 spiro atoms. The summed E-state index contributed by atoms with van der Waals surface area (Å²) in [7, 11) is 0. The van der Waals surface area contributed by atoms with Crippen molar-refractivity contribution in [2.24, 2.45) is 0 Å². The quantitative estimate of drug-likeness (QED) is 0.708. The molecular weight excluding hydrogens is 260 g/mol. The van der Waals surface area contributed by atoms with E-state index in [9.17, 15) is 5.11 Å². The summed E-state index contributed by atoms with van der Waals surface area (Å²) < 4.78 is 0. The van der Waals surface area contributed by atoms with E-state index < -0.39 is 0 Å². The SMILES string of the molecule is CCC(c1ccc(O)cc1)N(CC)CCCN(CC)CC. The van der Waals surface area contributed by atoms with Crippen molar-refractivity contribution in [3.05, 3.63) is 29.8 Å². The fraction of sp³-hybridized carbons (Fsp3) is 0.667. The van der Waals surface area contributed by atoms with Crippen LogP contribution >= 0.6 is 0 Å². The lowest BCUT2D eigenvalue weighted by molar-refractivity contribution is 0.185. The highest BCUT2D eigenvalue weighted by Gasteiger charge is 2.17. The lowest BCUT2D eigenvalue weighted by Crippen LogP contribution is -2.32. The molecule has 1 aromatic carbocycles. The minimum atomic E-state index is 0.346. The molecule has 3 heteroatoms. The Morgan fingerprint density at radius 3 is 2.00 bits per heavy atom. The zero-order chi connectivity index (χ0) is 15.7. The van der Waals surface area contributed by atoms with Crippen molar-refractivity contribution >= 4 is 0 Å². The molecular formula is C18H32N2O. The molecule has 0 bridgehead atoms. The molecule has 0 saturated carbocycles. The van der Waals surface area contributed by atoms with Crippen molar-refractivity contribution in [1.29, 1.82) is 0 Å². The number of aromatic hydroxyl groups is 1. The molecule has 0 aliphatic heterocycles. The molecule has 0 radical (unpaired) electrons. The molecule has 1 N–H and O–H groups in total. The third-order valence-electron chi connectivity index (χ3n) is 4.33. The van der Waals surface area contributed by atoms with Gasteiger partial charge in [0.1, 0.15) is 5.75 Å². The maximum absolute atomic E-state index is 9.44. The van der Waals surface area contributed by atoms with Gasteiger partial charge < -0.3 is 10.0 Å². The van der Waals surface area contributed by atoms with Crippen LogP contribution in [0.15, 0.2) is 24.3 Å². The Morgan fingerprint density at radius 2 is 1.52 bits per heavy atom. The van der Waals surface area contributed by atoms with Gasteiger partial charge in [0.15, 0.2) is 0 Å². The number of benzene rings is 1. The van der Waals surface area contributed by atoms with Gasteiger partial charge in [-0.25, -0.2) is 0 Å². The number of hydrogen-bond donors (Lipinski definition) is 1. The monoisotopic (exact) mass is 292 g/mol. The summed E-state index contributed by atoms with van der Waals surface area (Å²) in [6.07, 6.45) is 2.31. The molecule has 0 saturated heterocycles. The predicted octanol–water partition coefficient (Wildman–Crippen LogP) is 3.90. The van der Waals surface area contributed by atoms with Crippen LogP contribution in [0.5, 0.6) is 5.75 Å². The summed E-state index contributed by atoms with van der Waals surface area (Å²) in [6.45, 7) is 14.6. The maximum Gasteiger partial charge on any atom is 0.115 e. The average Bonchev–Trinajstić information content (AvgIpc) is 2.52. The van der Waals surface area contributed by atoms with E-state index in [0.717, 1.165) is 32.6 Å². The van der Waals surface area contributed by atoms with Crippen molar-refractivity contribution < 1.29 is 5.11 Å². The largest absolute Gasteiger partial charge is 0.508 e. The smallest absolute Gasteiger partial charge is 0.115 e. The molecule has 1 rings (SSSR count). The van der Waals surface area contributed by atoms with Gasteiger partial charge in [-0.2, -0.15) is 0 Å². The van der Waals surface area contributed by atoms with Gasteiger partial charge in [0.05, 0.1) is 0 Å². The van der Waals surface area contributed by atoms with E-state index in [1.54, 1.807) is 12.1 Å². The summed E-state index contributed by atoms with van der Waals surface area (Å²) in [6, 6.07) is 8.14. The number of hydrogen-bond acceptors (Lipinski definition) is 3. The molecule has 0 aromatic heterocycles. The topological polar surface area (TPSA) is 26.7 Å². The molecule has 1 aromatic rings. The second-order valence-electron chi connectivity index (χ2n) is 5.52. The van der Waals surface area contributed by atoms with Crippen LogP contribution in [0.25, 0.3) is 0 Å². The number of phenols is 1. The first-order chi connectivity index (χ1) is 10.2. The fourth-order valence-electron chi connectivity index (χ4n) is 2.97. The van der Waals surface area contributed by atoms with Gasteiger partial charge in [0.25, 0.3) is 0 Å². The minimum absolute atomic E-state index is 0.346. The molecule has 21 heavy (non-hydrogen) atoms. The third-order valence-corrected chi connectivity index (χ3v) is 4.33.